The Kier molecular flexibility index (Phi) is 6.09. The van der Waals surface area contributed by atoms with Crippen molar-refractivity contribution in [1.29, 1.82) is 0 Å². The number of nitrogens with one attached hydrogen (secondary N) is 2. The van der Waals surface area contributed by atoms with Crippen molar-refractivity contribution in [2.75, 3.05) is 6.26 Å². The number of hydrogen-bond acceptors (Lipinski definition) is 6. The van der Waals surface area contributed by atoms with Crippen molar-refractivity contribution < 1.29 is 13.2 Å². The van der Waals surface area contributed by atoms with Crippen LogP contribution in [0, 0.1) is 6.92 Å². The van der Waals surface area contributed by atoms with Gasteiger partial charge in [-0.05, 0) is 50.3 Å². The second kappa shape index (κ2) is 8.99. The minimum Gasteiger partial charge on any atom is -0.344 e. The molecule has 3 heterocycles. The maximum atomic E-state index is 13.6. The van der Waals surface area contributed by atoms with Crippen molar-refractivity contribution in [3.8, 4) is 0 Å². The largest absolute Gasteiger partial charge is 0.344 e. The molecule has 36 heavy (non-hydrogen) atoms. The fraction of sp³-hybridized carbons (Fsp3) is 0.333. The molecule has 10 nitrogen and oxygen atoms in total. The van der Waals surface area contributed by atoms with Crippen LogP contribution in [0.3, 0.4) is 0 Å². The summed E-state index contributed by atoms with van der Waals surface area (Å²) in [5.41, 5.74) is 1.67. The Labute approximate surface area is 212 Å². The van der Waals surface area contributed by atoms with Crippen LogP contribution in [-0.2, 0) is 10.0 Å². The van der Waals surface area contributed by atoms with Gasteiger partial charge in [0.25, 0.3) is 11.5 Å². The van der Waals surface area contributed by atoms with Crippen LogP contribution < -0.4 is 15.6 Å². The van der Waals surface area contributed by atoms with Gasteiger partial charge in [0.05, 0.1) is 28.4 Å². The number of benzene rings is 1. The maximum absolute atomic E-state index is 13.6. The third-order valence-corrected chi connectivity index (χ3v) is 7.58. The van der Waals surface area contributed by atoms with Gasteiger partial charge in [0.1, 0.15) is 5.56 Å². The Morgan fingerprint density at radius 2 is 2.00 bits per heavy atom. The summed E-state index contributed by atoms with van der Waals surface area (Å²) in [4.78, 5) is 31.2. The highest BCUT2D eigenvalue weighted by molar-refractivity contribution is 7.88. The zero-order chi connectivity index (χ0) is 25.8. The molecule has 0 saturated heterocycles. The van der Waals surface area contributed by atoms with Gasteiger partial charge in [-0.2, -0.15) is 5.10 Å². The Balaban J connectivity index is 1.53. The Bertz CT molecular complexity index is 1670. The number of carbonyl (C=O) groups is 1. The van der Waals surface area contributed by atoms with Crippen LogP contribution in [0.5, 0.6) is 0 Å². The molecule has 2 N–H and O–H groups in total. The number of nitrogens with zero attached hydrogens (tertiary/aromatic N) is 4. The second-order valence-electron chi connectivity index (χ2n) is 9.20. The van der Waals surface area contributed by atoms with Crippen molar-refractivity contribution in [2.45, 2.75) is 44.8 Å². The summed E-state index contributed by atoms with van der Waals surface area (Å²) >= 11 is 6.38. The lowest BCUT2D eigenvalue weighted by Gasteiger charge is -2.38. The lowest BCUT2D eigenvalue weighted by Crippen LogP contribution is -2.47. The van der Waals surface area contributed by atoms with Gasteiger partial charge in [0.15, 0.2) is 5.65 Å². The third kappa shape index (κ3) is 4.38. The molecule has 1 aliphatic carbocycles. The Morgan fingerprint density at radius 3 is 2.72 bits per heavy atom. The van der Waals surface area contributed by atoms with E-state index in [1.165, 1.54) is 0 Å². The van der Waals surface area contributed by atoms with Gasteiger partial charge >= 0.3 is 0 Å². The zero-order valence-corrected chi connectivity index (χ0v) is 21.5. The summed E-state index contributed by atoms with van der Waals surface area (Å²) < 4.78 is 29.1. The molecular weight excluding hydrogens is 504 g/mol. The summed E-state index contributed by atoms with van der Waals surface area (Å²) in [6.07, 6.45) is 5.33. The first kappa shape index (κ1) is 24.4. The Hall–Kier alpha value is -3.28. The molecule has 0 unspecified atom stereocenters. The number of amides is 1. The number of sulfonamides is 1. The van der Waals surface area contributed by atoms with Crippen LogP contribution >= 0.6 is 11.6 Å². The monoisotopic (exact) mass is 528 g/mol. The topological polar surface area (TPSA) is 127 Å². The number of rotatable bonds is 6. The number of hydrogen-bond donors (Lipinski definition) is 2. The molecule has 1 aromatic carbocycles. The standard InChI is InChI=1S/C24H25ClN6O4S/c1-13(27-23(32)20-14(2)28-30-9-5-8-26-22(20)30)19-10-15-6-4-7-18(25)21(15)24(33)31(19)17-11-16(12-17)29-36(3,34)35/h4-10,13,16-17,29H,11-12H2,1-3H3,(H,27,32)/t13-,16?,17?/m0/s1. The van der Waals surface area contributed by atoms with Crippen LogP contribution in [0.1, 0.15) is 53.6 Å². The van der Waals surface area contributed by atoms with Gasteiger partial charge in [0, 0.05) is 30.2 Å². The van der Waals surface area contributed by atoms with E-state index in [4.69, 9.17) is 11.6 Å². The second-order valence-corrected chi connectivity index (χ2v) is 11.4. The summed E-state index contributed by atoms with van der Waals surface area (Å²) in [5, 5.41) is 8.74. The van der Waals surface area contributed by atoms with Crippen LogP contribution in [-0.4, -0.2) is 45.8 Å². The molecule has 4 aromatic rings. The fourth-order valence-corrected chi connectivity index (χ4v) is 5.93. The highest BCUT2D eigenvalue weighted by Crippen LogP contribution is 2.35. The number of fused-ring (bicyclic) bond motifs is 2. The third-order valence-electron chi connectivity index (χ3n) is 6.51. The Morgan fingerprint density at radius 1 is 1.25 bits per heavy atom. The van der Waals surface area contributed by atoms with E-state index in [1.54, 1.807) is 59.6 Å². The molecule has 0 aliphatic heterocycles. The number of carbonyl (C=O) groups excluding carboxylic acids is 1. The molecule has 1 atom stereocenters. The summed E-state index contributed by atoms with van der Waals surface area (Å²) in [5.74, 6) is -0.357. The first-order valence-electron chi connectivity index (χ1n) is 11.4. The van der Waals surface area contributed by atoms with Gasteiger partial charge in [-0.25, -0.2) is 22.6 Å². The number of aromatic nitrogens is 4. The van der Waals surface area contributed by atoms with E-state index in [0.29, 0.717) is 51.2 Å². The van der Waals surface area contributed by atoms with Crippen LogP contribution in [0.4, 0.5) is 0 Å². The summed E-state index contributed by atoms with van der Waals surface area (Å²) in [6.45, 7) is 3.55. The van der Waals surface area contributed by atoms with Crippen molar-refractivity contribution >= 4 is 44.0 Å². The average molecular weight is 529 g/mol. The quantitative estimate of drug-likeness (QED) is 0.396. The van der Waals surface area contributed by atoms with Gasteiger partial charge in [-0.1, -0.05) is 23.7 Å². The van der Waals surface area contributed by atoms with Gasteiger partial charge in [-0.15, -0.1) is 0 Å². The van der Waals surface area contributed by atoms with Crippen molar-refractivity contribution in [3.05, 3.63) is 75.1 Å². The predicted molar refractivity (Wildman–Crippen MR) is 137 cm³/mol. The molecule has 3 aromatic heterocycles. The van der Waals surface area contributed by atoms with Crippen LogP contribution in [0.15, 0.2) is 47.5 Å². The van der Waals surface area contributed by atoms with Crippen LogP contribution in [0.25, 0.3) is 16.4 Å². The molecular formula is C24H25ClN6O4S. The van der Waals surface area contributed by atoms with Crippen molar-refractivity contribution in [2.24, 2.45) is 0 Å². The summed E-state index contributed by atoms with van der Waals surface area (Å²) in [7, 11) is -3.36. The van der Waals surface area contributed by atoms with Gasteiger partial charge < -0.3 is 9.88 Å². The molecule has 5 rings (SSSR count). The number of pyridine rings is 1. The molecule has 0 spiro atoms. The van der Waals surface area contributed by atoms with E-state index < -0.39 is 16.1 Å². The SMILES string of the molecule is Cc1nn2cccnc2c1C(=O)N[C@@H](C)c1cc2cccc(Cl)c2c(=O)n1C1CC(NS(C)(=O)=O)C1. The summed E-state index contributed by atoms with van der Waals surface area (Å²) in [6, 6.07) is 7.77. The van der Waals surface area contributed by atoms with Crippen molar-refractivity contribution in [3.63, 3.8) is 0 Å². The normalized spacial score (nSPS) is 18.8. The number of halogens is 1. The highest BCUT2D eigenvalue weighted by Gasteiger charge is 2.35. The molecule has 1 fully saturated rings. The van der Waals surface area contributed by atoms with Crippen LogP contribution in [0.2, 0.25) is 5.02 Å². The van der Waals surface area contributed by atoms with E-state index in [1.807, 2.05) is 6.07 Å². The van der Waals surface area contributed by atoms with Gasteiger partial charge in [-0.3, -0.25) is 9.59 Å². The maximum Gasteiger partial charge on any atom is 0.260 e. The fourth-order valence-electron chi connectivity index (χ4n) is 4.87. The molecule has 12 heteroatoms. The van der Waals surface area contributed by atoms with Crippen molar-refractivity contribution in [1.82, 2.24) is 29.2 Å². The predicted octanol–water partition coefficient (Wildman–Crippen LogP) is 2.75. The van der Waals surface area contributed by atoms with E-state index in [2.05, 4.69) is 20.1 Å². The molecule has 1 aliphatic rings. The molecule has 1 amide bonds. The minimum absolute atomic E-state index is 0.243. The lowest BCUT2D eigenvalue weighted by atomic mass is 9.86. The van der Waals surface area contributed by atoms with E-state index in [0.717, 1.165) is 6.26 Å². The van der Waals surface area contributed by atoms with E-state index in [-0.39, 0.29) is 23.6 Å². The van der Waals surface area contributed by atoms with E-state index in [9.17, 15) is 18.0 Å². The molecule has 0 bridgehead atoms. The van der Waals surface area contributed by atoms with E-state index >= 15 is 0 Å². The smallest absolute Gasteiger partial charge is 0.260 e. The minimum atomic E-state index is -3.36. The zero-order valence-electron chi connectivity index (χ0n) is 19.9. The first-order valence-corrected chi connectivity index (χ1v) is 13.7. The molecule has 188 valence electrons. The number of aryl methyl sites for hydroxylation is 1. The van der Waals surface area contributed by atoms with Gasteiger partial charge in [0.2, 0.25) is 10.0 Å². The lowest BCUT2D eigenvalue weighted by molar-refractivity contribution is 0.0937. The average Bonchev–Trinajstić information content (AvgIpc) is 3.11. The molecule has 0 radical (unpaired) electrons. The highest BCUT2D eigenvalue weighted by atomic mass is 35.5. The molecule has 1 saturated carbocycles. The first-order chi connectivity index (χ1) is 17.0.